The highest BCUT2D eigenvalue weighted by Crippen LogP contribution is 2.43. The minimum absolute atomic E-state index is 0.142. The molecule has 0 saturated heterocycles. The Morgan fingerprint density at radius 2 is 1.56 bits per heavy atom. The first kappa shape index (κ1) is 31.8. The summed E-state index contributed by atoms with van der Waals surface area (Å²) in [6, 6.07) is 3.15. The summed E-state index contributed by atoms with van der Waals surface area (Å²) in [6.45, 7) is 6.90. The number of ketones is 1. The average molecular weight is 668 g/mol. The molecule has 0 bridgehead atoms. The van der Waals surface area contributed by atoms with Crippen LogP contribution in [0.5, 0.6) is 0 Å². The molecule has 4 aliphatic rings. The van der Waals surface area contributed by atoms with Crippen LogP contribution >= 0.6 is 34.8 Å². The Morgan fingerprint density at radius 3 is 2.09 bits per heavy atom. The molecule has 7 nitrogen and oxygen atoms in total. The second kappa shape index (κ2) is 12.9. The van der Waals surface area contributed by atoms with Crippen molar-refractivity contribution in [3.05, 3.63) is 85.0 Å². The Morgan fingerprint density at radius 1 is 0.978 bits per heavy atom. The summed E-state index contributed by atoms with van der Waals surface area (Å²) in [4.78, 5) is 32.9. The molecule has 0 aliphatic heterocycles. The minimum atomic E-state index is -0.368. The van der Waals surface area contributed by atoms with E-state index in [9.17, 15) is 14.7 Å². The average Bonchev–Trinajstić information content (AvgIpc) is 3.74. The molecule has 4 aliphatic carbocycles. The van der Waals surface area contributed by atoms with E-state index in [4.69, 9.17) is 34.8 Å². The van der Waals surface area contributed by atoms with Crippen LogP contribution in [0.25, 0.3) is 11.3 Å². The zero-order valence-electron chi connectivity index (χ0n) is 25.8. The lowest BCUT2D eigenvalue weighted by Crippen LogP contribution is -2.33. The quantitative estimate of drug-likeness (QED) is 0.299. The number of aromatic nitrogens is 2. The van der Waals surface area contributed by atoms with E-state index in [1.165, 1.54) is 58.3 Å². The predicted octanol–water partition coefficient (Wildman–Crippen LogP) is 8.72. The van der Waals surface area contributed by atoms with Gasteiger partial charge in [0.25, 0.3) is 0 Å². The normalized spacial score (nSPS) is 21.7. The Kier molecular flexibility index (Phi) is 9.15. The Bertz CT molecular complexity index is 1690. The van der Waals surface area contributed by atoms with Crippen LogP contribution in [0.2, 0.25) is 15.1 Å². The Labute approximate surface area is 278 Å². The molecule has 10 heteroatoms. The maximum Gasteiger partial charge on any atom is 0.243 e. The van der Waals surface area contributed by atoms with Crippen molar-refractivity contribution in [2.45, 2.75) is 72.1 Å². The fourth-order valence-corrected chi connectivity index (χ4v) is 8.31. The molecular weight excluding hydrogens is 631 g/mol. The van der Waals surface area contributed by atoms with Crippen LogP contribution in [-0.4, -0.2) is 50.3 Å². The summed E-state index contributed by atoms with van der Waals surface area (Å²) in [5, 5.41) is 17.0. The van der Waals surface area contributed by atoms with Gasteiger partial charge in [-0.15, -0.1) is 0 Å². The van der Waals surface area contributed by atoms with Crippen molar-refractivity contribution in [3.8, 4) is 5.69 Å². The highest BCUT2D eigenvalue weighted by atomic mass is 35.5. The molecule has 1 aromatic carbocycles. The van der Waals surface area contributed by atoms with Gasteiger partial charge < -0.3 is 10.0 Å². The fourth-order valence-electron chi connectivity index (χ4n) is 7.33. The summed E-state index contributed by atoms with van der Waals surface area (Å²) in [6.07, 6.45) is 15.8. The zero-order valence-corrected chi connectivity index (χ0v) is 28.1. The Balaban J connectivity index is 1.37. The number of Topliss-reactive ketones (excluding diaryl/α,β-unsaturated/α-hetero) is 1. The lowest BCUT2D eigenvalue weighted by atomic mass is 9.78. The van der Waals surface area contributed by atoms with Crippen molar-refractivity contribution in [2.24, 2.45) is 16.8 Å². The van der Waals surface area contributed by atoms with Crippen LogP contribution in [0.15, 0.2) is 58.0 Å². The molecule has 1 heterocycles. The molecule has 1 N–H and O–H groups in total. The topological polar surface area (TPSA) is 87.8 Å². The van der Waals surface area contributed by atoms with Gasteiger partial charge in [-0.1, -0.05) is 60.5 Å². The number of benzene rings is 1. The van der Waals surface area contributed by atoms with Crippen molar-refractivity contribution >= 4 is 57.8 Å². The van der Waals surface area contributed by atoms with E-state index in [2.05, 4.69) is 15.0 Å². The smallest absolute Gasteiger partial charge is 0.243 e. The minimum Gasteiger partial charge on any atom is -0.506 e. The molecule has 0 spiro atoms. The van der Waals surface area contributed by atoms with Crippen molar-refractivity contribution in [1.29, 1.82) is 0 Å². The number of amides is 1. The van der Waals surface area contributed by atoms with Crippen molar-refractivity contribution in [1.82, 2.24) is 14.7 Å². The summed E-state index contributed by atoms with van der Waals surface area (Å²) in [5.41, 5.74) is 4.19. The number of carbonyl (C=O) groups is 2. The second-order valence-corrected chi connectivity index (χ2v) is 13.9. The van der Waals surface area contributed by atoms with E-state index in [1.807, 2.05) is 18.2 Å². The molecule has 45 heavy (non-hydrogen) atoms. The lowest BCUT2D eigenvalue weighted by molar-refractivity contribution is -0.115. The van der Waals surface area contributed by atoms with Crippen LogP contribution < -0.4 is 0 Å². The molecule has 6 rings (SSSR count). The van der Waals surface area contributed by atoms with Gasteiger partial charge in [0, 0.05) is 47.6 Å². The molecule has 1 aromatic heterocycles. The predicted molar refractivity (Wildman–Crippen MR) is 180 cm³/mol. The number of carbonyl (C=O) groups excluding carboxylic acids is 2. The van der Waals surface area contributed by atoms with Crippen LogP contribution in [0.3, 0.4) is 0 Å². The number of aliphatic hydroxyl groups is 1. The Hall–Kier alpha value is -3.13. The van der Waals surface area contributed by atoms with E-state index in [0.29, 0.717) is 60.8 Å². The maximum atomic E-state index is 13.8. The number of allylic oxidation sites excluding steroid dienone is 6. The van der Waals surface area contributed by atoms with Gasteiger partial charge in [0.2, 0.25) is 11.7 Å². The number of aryl methyl sites for hydroxylation is 1. The molecule has 0 unspecified atom stereocenters. The van der Waals surface area contributed by atoms with E-state index < -0.39 is 0 Å². The zero-order chi connectivity index (χ0) is 32.0. The van der Waals surface area contributed by atoms with Crippen molar-refractivity contribution in [2.75, 3.05) is 13.1 Å². The van der Waals surface area contributed by atoms with Gasteiger partial charge in [0.15, 0.2) is 0 Å². The number of hydrogen-bond acceptors (Lipinski definition) is 5. The van der Waals surface area contributed by atoms with Gasteiger partial charge >= 0.3 is 0 Å². The van der Waals surface area contributed by atoms with Crippen LogP contribution in [0.4, 0.5) is 0 Å². The van der Waals surface area contributed by atoms with E-state index in [-0.39, 0.29) is 28.6 Å². The summed E-state index contributed by atoms with van der Waals surface area (Å²) in [5.74, 6) is 0.448. The van der Waals surface area contributed by atoms with E-state index >= 15 is 0 Å². The van der Waals surface area contributed by atoms with Gasteiger partial charge in [0.1, 0.15) is 11.4 Å². The molecule has 236 valence electrons. The first-order valence-electron chi connectivity index (χ1n) is 15.7. The van der Waals surface area contributed by atoms with E-state index in [1.54, 1.807) is 30.7 Å². The lowest BCUT2D eigenvalue weighted by Gasteiger charge is -2.33. The third kappa shape index (κ3) is 6.19. The van der Waals surface area contributed by atoms with Gasteiger partial charge in [-0.2, -0.15) is 5.10 Å². The summed E-state index contributed by atoms with van der Waals surface area (Å²) < 4.78 is 1.56. The summed E-state index contributed by atoms with van der Waals surface area (Å²) >= 11 is 19.1. The van der Waals surface area contributed by atoms with Gasteiger partial charge in [0.05, 0.1) is 32.6 Å². The number of halogens is 3. The molecule has 0 radical (unpaired) electrons. The highest BCUT2D eigenvalue weighted by Gasteiger charge is 2.41. The van der Waals surface area contributed by atoms with E-state index in [0.717, 1.165) is 18.8 Å². The fraction of sp³-hybridized carbons (Fsp3) is 0.429. The van der Waals surface area contributed by atoms with Gasteiger partial charge in [-0.05, 0) is 81.7 Å². The molecule has 2 saturated carbocycles. The number of aliphatic hydroxyl groups excluding tert-OH is 1. The first-order chi connectivity index (χ1) is 21.5. The number of nitrogens with zero attached hydrogens (tertiary/aromatic N) is 4. The standard InChI is InChI=1S/C35H37Cl3N4O3/c1-19-30(20(2)42(40-19)33-27(37)14-24(36)15-28(33)38)32-34(44)31(35(32)45)26-13-12-25(16-29(26)39-21(3)43)41(17-22-8-4-5-9-22)18-23-10-6-7-11-23/h12-16,22-23,44H,4-11,17-18H2,1-3H3/b31-26+,39-29?. The van der Waals surface area contributed by atoms with Crippen LogP contribution in [-0.2, 0) is 9.59 Å². The second-order valence-electron chi connectivity index (χ2n) is 12.6. The monoisotopic (exact) mass is 666 g/mol. The van der Waals surface area contributed by atoms with Gasteiger partial charge in [-0.25, -0.2) is 9.67 Å². The van der Waals surface area contributed by atoms with Crippen LogP contribution in [0, 0.1) is 25.7 Å². The SMILES string of the molecule is CC(=O)N=C1C=C(N(CC2CCCC2)CC2CCCC2)C=C/C1=C1\C(=O)C(c2c(C)nn(-c3c(Cl)cc(Cl)cc3Cl)c2C)=C1O. The largest absolute Gasteiger partial charge is 0.506 e. The summed E-state index contributed by atoms with van der Waals surface area (Å²) in [7, 11) is 0. The van der Waals surface area contributed by atoms with Gasteiger partial charge in [-0.3, -0.25) is 9.59 Å². The number of rotatable bonds is 7. The number of hydrogen-bond donors (Lipinski definition) is 1. The maximum absolute atomic E-state index is 13.8. The molecule has 0 atom stereocenters. The molecule has 2 aromatic rings. The third-order valence-electron chi connectivity index (χ3n) is 9.46. The molecular formula is C35H37Cl3N4O3. The van der Waals surface area contributed by atoms with Crippen molar-refractivity contribution in [3.63, 3.8) is 0 Å². The third-order valence-corrected chi connectivity index (χ3v) is 10.3. The number of aliphatic imine (C=N–C) groups is 1. The van der Waals surface area contributed by atoms with Crippen LogP contribution in [0.1, 0.15) is 75.2 Å². The molecule has 2 fully saturated rings. The first-order valence-corrected chi connectivity index (χ1v) is 16.8. The molecule has 1 amide bonds. The van der Waals surface area contributed by atoms with Crippen molar-refractivity contribution < 1.29 is 14.7 Å². The highest BCUT2D eigenvalue weighted by molar-refractivity contribution is 6.42.